The minimum Gasteiger partial charge on any atom is -0.493 e. The van der Waals surface area contributed by atoms with E-state index in [-0.39, 0.29) is 5.56 Å². The molecule has 5 rings (SSSR count). The zero-order chi connectivity index (χ0) is 23.1. The highest BCUT2D eigenvalue weighted by Crippen LogP contribution is 2.32. The number of rotatable bonds is 5. The fourth-order valence-electron chi connectivity index (χ4n) is 4.18. The number of nitrogens with zero attached hydrogens (tertiary/aromatic N) is 2. The second-order valence-corrected chi connectivity index (χ2v) is 8.87. The molecule has 166 valence electrons. The number of fused-ring (bicyclic) bond motifs is 3. The molecule has 0 aliphatic rings. The normalized spacial score (nSPS) is 11.2. The van der Waals surface area contributed by atoms with E-state index in [2.05, 4.69) is 6.07 Å². The molecule has 0 amide bonds. The highest BCUT2D eigenvalue weighted by molar-refractivity contribution is 7.25. The lowest BCUT2D eigenvalue weighted by Crippen LogP contribution is -2.38. The molecule has 33 heavy (non-hydrogen) atoms. The topological polar surface area (TPSA) is 62.5 Å². The van der Waals surface area contributed by atoms with Gasteiger partial charge in [0.2, 0.25) is 0 Å². The Labute approximate surface area is 193 Å². The van der Waals surface area contributed by atoms with Gasteiger partial charge in [-0.25, -0.2) is 9.36 Å². The molecule has 0 saturated carbocycles. The van der Waals surface area contributed by atoms with Crippen molar-refractivity contribution in [3.05, 3.63) is 98.7 Å². The Morgan fingerprint density at radius 3 is 2.42 bits per heavy atom. The summed E-state index contributed by atoms with van der Waals surface area (Å²) < 4.78 is 15.1. The molecule has 0 spiro atoms. The lowest BCUT2D eigenvalue weighted by molar-refractivity contribution is 0.355. The van der Waals surface area contributed by atoms with Gasteiger partial charge in [-0.05, 0) is 30.7 Å². The van der Waals surface area contributed by atoms with Gasteiger partial charge in [-0.2, -0.15) is 0 Å². The molecular weight excluding hydrogens is 436 g/mol. The van der Waals surface area contributed by atoms with E-state index in [4.69, 9.17) is 9.47 Å². The summed E-state index contributed by atoms with van der Waals surface area (Å²) in [4.78, 5) is 27.5. The molecule has 3 aromatic carbocycles. The molecule has 0 N–H and O–H groups in total. The van der Waals surface area contributed by atoms with E-state index < -0.39 is 5.69 Å². The third-order valence-corrected chi connectivity index (χ3v) is 6.86. The number of aryl methyl sites for hydroxylation is 1. The van der Waals surface area contributed by atoms with Gasteiger partial charge in [0.1, 0.15) is 4.70 Å². The summed E-state index contributed by atoms with van der Waals surface area (Å²) in [5.41, 5.74) is 2.46. The van der Waals surface area contributed by atoms with Gasteiger partial charge >= 0.3 is 5.69 Å². The molecular formula is C26H22N2O4S. The lowest BCUT2D eigenvalue weighted by Gasteiger charge is -2.15. The van der Waals surface area contributed by atoms with Gasteiger partial charge in [-0.1, -0.05) is 48.0 Å². The number of ether oxygens (including phenoxy) is 2. The van der Waals surface area contributed by atoms with Crippen molar-refractivity contribution in [1.82, 2.24) is 9.13 Å². The first-order valence-corrected chi connectivity index (χ1v) is 11.3. The molecule has 0 unspecified atom stereocenters. The zero-order valence-corrected chi connectivity index (χ0v) is 19.3. The van der Waals surface area contributed by atoms with E-state index in [1.165, 1.54) is 23.0 Å². The Hall–Kier alpha value is -3.84. The van der Waals surface area contributed by atoms with E-state index >= 15 is 0 Å². The maximum atomic E-state index is 13.8. The van der Waals surface area contributed by atoms with Crippen LogP contribution in [-0.2, 0) is 6.54 Å². The summed E-state index contributed by atoms with van der Waals surface area (Å²) in [6.45, 7) is 2.37. The minimum absolute atomic E-state index is 0.344. The Balaban J connectivity index is 1.86. The van der Waals surface area contributed by atoms with Crippen molar-refractivity contribution in [3.63, 3.8) is 0 Å². The Kier molecular flexibility index (Phi) is 5.26. The number of benzene rings is 3. The van der Waals surface area contributed by atoms with Gasteiger partial charge in [0.05, 0.1) is 32.0 Å². The average molecular weight is 459 g/mol. The van der Waals surface area contributed by atoms with Crippen LogP contribution in [0.1, 0.15) is 11.1 Å². The van der Waals surface area contributed by atoms with E-state index in [1.54, 1.807) is 29.9 Å². The Morgan fingerprint density at radius 1 is 0.879 bits per heavy atom. The molecule has 7 heteroatoms. The predicted octanol–water partition coefficient (Wildman–Crippen LogP) is 4.74. The summed E-state index contributed by atoms with van der Waals surface area (Å²) in [6, 6.07) is 20.9. The second-order valence-electron chi connectivity index (χ2n) is 7.81. The standard InChI is InChI=1S/C26H22N2O4S/c1-16-7-6-8-17(13-16)15-27-23-19-9-4-5-10-22(19)33-24(23)25(29)28(26(27)30)18-11-12-20(31-2)21(14-18)32-3/h4-14H,15H2,1-3H3. The first-order valence-electron chi connectivity index (χ1n) is 10.5. The summed E-state index contributed by atoms with van der Waals surface area (Å²) >= 11 is 1.40. The quantitative estimate of drug-likeness (QED) is 0.382. The molecule has 0 atom stereocenters. The van der Waals surface area contributed by atoms with Gasteiger partial charge in [0.25, 0.3) is 5.56 Å². The fraction of sp³-hybridized carbons (Fsp3) is 0.154. The summed E-state index contributed by atoms with van der Waals surface area (Å²) in [7, 11) is 3.07. The third kappa shape index (κ3) is 3.50. The van der Waals surface area contributed by atoms with Gasteiger partial charge in [-0.15, -0.1) is 11.3 Å². The second kappa shape index (κ2) is 8.26. The van der Waals surface area contributed by atoms with Gasteiger partial charge in [-0.3, -0.25) is 9.36 Å². The lowest BCUT2D eigenvalue weighted by atomic mass is 10.1. The van der Waals surface area contributed by atoms with Crippen LogP contribution in [0.5, 0.6) is 11.5 Å². The Morgan fingerprint density at radius 2 is 1.67 bits per heavy atom. The molecule has 0 aliphatic heterocycles. The van der Waals surface area contributed by atoms with Crippen LogP contribution in [0.2, 0.25) is 0 Å². The molecule has 2 aromatic heterocycles. The molecule has 2 heterocycles. The van der Waals surface area contributed by atoms with Crippen molar-refractivity contribution in [1.29, 1.82) is 0 Å². The van der Waals surface area contributed by atoms with Crippen molar-refractivity contribution >= 4 is 31.6 Å². The van der Waals surface area contributed by atoms with Crippen molar-refractivity contribution in [2.45, 2.75) is 13.5 Å². The molecule has 0 fully saturated rings. The average Bonchev–Trinajstić information content (AvgIpc) is 3.22. The highest BCUT2D eigenvalue weighted by Gasteiger charge is 2.20. The van der Waals surface area contributed by atoms with Crippen molar-refractivity contribution in [2.24, 2.45) is 0 Å². The molecule has 0 bridgehead atoms. The number of hydrogen-bond acceptors (Lipinski definition) is 5. The monoisotopic (exact) mass is 458 g/mol. The zero-order valence-electron chi connectivity index (χ0n) is 18.5. The van der Waals surface area contributed by atoms with E-state index in [0.717, 1.165) is 21.2 Å². The van der Waals surface area contributed by atoms with E-state index in [0.29, 0.717) is 33.9 Å². The van der Waals surface area contributed by atoms with Gasteiger partial charge < -0.3 is 9.47 Å². The smallest absolute Gasteiger partial charge is 0.336 e. The van der Waals surface area contributed by atoms with Crippen LogP contribution in [0.25, 0.3) is 26.0 Å². The van der Waals surface area contributed by atoms with Gasteiger partial charge in [0, 0.05) is 16.2 Å². The van der Waals surface area contributed by atoms with Crippen LogP contribution in [0.15, 0.2) is 76.3 Å². The van der Waals surface area contributed by atoms with E-state index in [1.807, 2.05) is 49.4 Å². The molecule has 5 aromatic rings. The summed E-state index contributed by atoms with van der Waals surface area (Å²) in [5, 5.41) is 0.902. The van der Waals surface area contributed by atoms with Crippen LogP contribution in [-0.4, -0.2) is 23.4 Å². The van der Waals surface area contributed by atoms with Crippen molar-refractivity contribution in [3.8, 4) is 17.2 Å². The largest absolute Gasteiger partial charge is 0.493 e. The third-order valence-electron chi connectivity index (χ3n) is 5.71. The minimum atomic E-state index is -0.398. The van der Waals surface area contributed by atoms with Crippen LogP contribution < -0.4 is 20.7 Å². The van der Waals surface area contributed by atoms with Crippen molar-refractivity contribution in [2.75, 3.05) is 14.2 Å². The number of methoxy groups -OCH3 is 2. The fourth-order valence-corrected chi connectivity index (χ4v) is 5.32. The van der Waals surface area contributed by atoms with Crippen LogP contribution in [0, 0.1) is 6.92 Å². The first kappa shape index (κ1) is 21.0. The number of thiophene rings is 1. The van der Waals surface area contributed by atoms with Gasteiger partial charge in [0.15, 0.2) is 11.5 Å². The van der Waals surface area contributed by atoms with Crippen LogP contribution in [0.4, 0.5) is 0 Å². The maximum Gasteiger partial charge on any atom is 0.336 e. The van der Waals surface area contributed by atoms with Crippen LogP contribution in [0.3, 0.4) is 0 Å². The highest BCUT2D eigenvalue weighted by atomic mass is 32.1. The maximum absolute atomic E-state index is 13.8. The predicted molar refractivity (Wildman–Crippen MR) is 133 cm³/mol. The molecule has 6 nitrogen and oxygen atoms in total. The molecule has 0 radical (unpaired) electrons. The number of aromatic nitrogens is 2. The van der Waals surface area contributed by atoms with Crippen molar-refractivity contribution < 1.29 is 9.47 Å². The number of hydrogen-bond donors (Lipinski definition) is 0. The van der Waals surface area contributed by atoms with Crippen LogP contribution >= 0.6 is 11.3 Å². The van der Waals surface area contributed by atoms with E-state index in [9.17, 15) is 9.59 Å². The Bertz CT molecular complexity index is 1630. The summed E-state index contributed by atoms with van der Waals surface area (Å²) in [6.07, 6.45) is 0. The molecule has 0 saturated heterocycles. The molecule has 0 aliphatic carbocycles. The SMILES string of the molecule is COc1ccc(-n2c(=O)c3sc4ccccc4c3n(Cc3cccc(C)c3)c2=O)cc1OC. The summed E-state index contributed by atoms with van der Waals surface area (Å²) in [5.74, 6) is 0.972. The first-order chi connectivity index (χ1) is 16.0.